The zero-order valence-corrected chi connectivity index (χ0v) is 11.0. The highest BCUT2D eigenvalue weighted by molar-refractivity contribution is 5.79. The number of rotatable bonds is 2. The molecule has 0 bridgehead atoms. The summed E-state index contributed by atoms with van der Waals surface area (Å²) in [5, 5.41) is 5.27. The van der Waals surface area contributed by atoms with Gasteiger partial charge in [0, 0.05) is 29.9 Å². The van der Waals surface area contributed by atoms with Gasteiger partial charge in [-0.2, -0.15) is 5.10 Å². The summed E-state index contributed by atoms with van der Waals surface area (Å²) in [7, 11) is 1.89. The topological polar surface area (TPSA) is 56.7 Å². The zero-order chi connectivity index (χ0) is 13.4. The molecule has 2 N–H and O–H groups in total. The van der Waals surface area contributed by atoms with E-state index in [4.69, 9.17) is 5.73 Å². The summed E-state index contributed by atoms with van der Waals surface area (Å²) in [6.07, 6.45) is 3.75. The molecule has 0 saturated heterocycles. The minimum Gasteiger partial charge on any atom is -0.320 e. The molecule has 3 aromatic rings. The third kappa shape index (κ3) is 2.22. The second kappa shape index (κ2) is 4.48. The van der Waals surface area contributed by atoms with E-state index in [0.717, 1.165) is 27.7 Å². The van der Waals surface area contributed by atoms with Crippen molar-refractivity contribution in [1.29, 1.82) is 0 Å². The molecule has 0 saturated carbocycles. The average molecular weight is 252 g/mol. The molecule has 0 aliphatic carbocycles. The number of hydrogen-bond donors (Lipinski definition) is 1. The Morgan fingerprint density at radius 3 is 2.74 bits per heavy atom. The lowest BCUT2D eigenvalue weighted by atomic mass is 10.0. The van der Waals surface area contributed by atoms with E-state index < -0.39 is 0 Å². The molecule has 1 aromatic carbocycles. The van der Waals surface area contributed by atoms with Gasteiger partial charge in [-0.05, 0) is 30.7 Å². The number of benzene rings is 1. The number of nitrogens with zero attached hydrogens (tertiary/aromatic N) is 3. The quantitative estimate of drug-likeness (QED) is 0.761. The van der Waals surface area contributed by atoms with Crippen LogP contribution in [-0.4, -0.2) is 14.8 Å². The Morgan fingerprint density at radius 2 is 2.00 bits per heavy atom. The highest BCUT2D eigenvalue weighted by atomic mass is 15.2. The van der Waals surface area contributed by atoms with Crippen LogP contribution < -0.4 is 5.73 Å². The normalized spacial score (nSPS) is 12.8. The van der Waals surface area contributed by atoms with Crippen LogP contribution in [0, 0.1) is 6.92 Å². The minimum absolute atomic E-state index is 0.153. The third-order valence-electron chi connectivity index (χ3n) is 3.30. The predicted octanol–water partition coefficient (Wildman–Crippen LogP) is 2.32. The summed E-state index contributed by atoms with van der Waals surface area (Å²) in [6.45, 7) is 1.99. The Balaban J connectivity index is 2.03. The highest BCUT2D eigenvalue weighted by Crippen LogP contribution is 2.22. The SMILES string of the molecule is Cc1ccc2cc(C(N)c3cnn(C)c3)ccc2n1. The summed E-state index contributed by atoms with van der Waals surface area (Å²) in [4.78, 5) is 4.50. The average Bonchev–Trinajstić information content (AvgIpc) is 2.84. The van der Waals surface area contributed by atoms with Crippen LogP contribution in [-0.2, 0) is 7.05 Å². The standard InChI is InChI=1S/C15H16N4/c1-10-3-4-11-7-12(5-6-14(11)18-10)15(16)13-8-17-19(2)9-13/h3-9,15H,16H2,1-2H3. The van der Waals surface area contributed by atoms with Crippen LogP contribution in [0.4, 0.5) is 0 Å². The van der Waals surface area contributed by atoms with Gasteiger partial charge in [0.05, 0.1) is 17.8 Å². The highest BCUT2D eigenvalue weighted by Gasteiger charge is 2.11. The maximum atomic E-state index is 6.28. The first-order valence-corrected chi connectivity index (χ1v) is 6.25. The van der Waals surface area contributed by atoms with Crippen LogP contribution in [0.1, 0.15) is 22.9 Å². The smallest absolute Gasteiger partial charge is 0.0705 e. The van der Waals surface area contributed by atoms with E-state index in [1.807, 2.05) is 44.6 Å². The van der Waals surface area contributed by atoms with Crippen molar-refractivity contribution < 1.29 is 0 Å². The molecule has 2 heterocycles. The van der Waals surface area contributed by atoms with E-state index in [9.17, 15) is 0 Å². The van der Waals surface area contributed by atoms with Gasteiger partial charge < -0.3 is 5.73 Å². The summed E-state index contributed by atoms with van der Waals surface area (Å²) >= 11 is 0. The van der Waals surface area contributed by atoms with E-state index >= 15 is 0 Å². The fourth-order valence-electron chi connectivity index (χ4n) is 2.23. The number of fused-ring (bicyclic) bond motifs is 1. The van der Waals surface area contributed by atoms with E-state index in [2.05, 4.69) is 22.2 Å². The lowest BCUT2D eigenvalue weighted by molar-refractivity contribution is 0.765. The third-order valence-corrected chi connectivity index (χ3v) is 3.30. The number of hydrogen-bond acceptors (Lipinski definition) is 3. The largest absolute Gasteiger partial charge is 0.320 e. The summed E-state index contributed by atoms with van der Waals surface area (Å²) in [5.41, 5.74) is 10.4. The summed E-state index contributed by atoms with van der Waals surface area (Å²) in [6, 6.07) is 10.1. The second-order valence-electron chi connectivity index (χ2n) is 4.83. The first-order chi connectivity index (χ1) is 9.13. The van der Waals surface area contributed by atoms with Crippen molar-refractivity contribution in [1.82, 2.24) is 14.8 Å². The van der Waals surface area contributed by atoms with Crippen molar-refractivity contribution in [2.75, 3.05) is 0 Å². The maximum Gasteiger partial charge on any atom is 0.0705 e. The molecular formula is C15H16N4. The summed E-state index contributed by atoms with van der Waals surface area (Å²) in [5.74, 6) is 0. The van der Waals surface area contributed by atoms with Gasteiger partial charge in [-0.3, -0.25) is 9.67 Å². The molecule has 2 aromatic heterocycles. The van der Waals surface area contributed by atoms with E-state index in [0.29, 0.717) is 0 Å². The van der Waals surface area contributed by atoms with E-state index in [1.165, 1.54) is 0 Å². The van der Waals surface area contributed by atoms with Gasteiger partial charge in [0.1, 0.15) is 0 Å². The molecule has 0 amide bonds. The van der Waals surface area contributed by atoms with Crippen molar-refractivity contribution in [3.8, 4) is 0 Å². The van der Waals surface area contributed by atoms with Gasteiger partial charge in [-0.1, -0.05) is 12.1 Å². The molecule has 4 nitrogen and oxygen atoms in total. The minimum atomic E-state index is -0.153. The number of aryl methyl sites for hydroxylation is 2. The predicted molar refractivity (Wildman–Crippen MR) is 75.7 cm³/mol. The van der Waals surface area contributed by atoms with Crippen LogP contribution in [0.3, 0.4) is 0 Å². The van der Waals surface area contributed by atoms with Gasteiger partial charge in [0.25, 0.3) is 0 Å². The molecule has 0 aliphatic heterocycles. The first-order valence-electron chi connectivity index (χ1n) is 6.25. The van der Waals surface area contributed by atoms with Crippen LogP contribution in [0.5, 0.6) is 0 Å². The molecule has 0 aliphatic rings. The number of aromatic nitrogens is 3. The maximum absolute atomic E-state index is 6.28. The lowest BCUT2D eigenvalue weighted by Gasteiger charge is -2.11. The Labute approximate surface area is 111 Å². The lowest BCUT2D eigenvalue weighted by Crippen LogP contribution is -2.11. The number of pyridine rings is 1. The Morgan fingerprint density at radius 1 is 1.16 bits per heavy atom. The van der Waals surface area contributed by atoms with E-state index in [1.54, 1.807) is 4.68 Å². The van der Waals surface area contributed by atoms with Crippen LogP contribution >= 0.6 is 0 Å². The molecule has 4 heteroatoms. The van der Waals surface area contributed by atoms with Gasteiger partial charge in [-0.25, -0.2) is 0 Å². The van der Waals surface area contributed by atoms with Crippen LogP contribution in [0.2, 0.25) is 0 Å². The van der Waals surface area contributed by atoms with Crippen molar-refractivity contribution in [2.24, 2.45) is 12.8 Å². The van der Waals surface area contributed by atoms with Gasteiger partial charge in [0.15, 0.2) is 0 Å². The van der Waals surface area contributed by atoms with Gasteiger partial charge in [0.2, 0.25) is 0 Å². The molecule has 0 spiro atoms. The van der Waals surface area contributed by atoms with Crippen molar-refractivity contribution in [3.63, 3.8) is 0 Å². The Bertz CT molecular complexity index is 730. The Kier molecular flexibility index (Phi) is 2.80. The van der Waals surface area contributed by atoms with Crippen molar-refractivity contribution >= 4 is 10.9 Å². The molecule has 1 unspecified atom stereocenters. The van der Waals surface area contributed by atoms with Crippen LogP contribution in [0.25, 0.3) is 10.9 Å². The fraction of sp³-hybridized carbons (Fsp3) is 0.200. The van der Waals surface area contributed by atoms with Crippen molar-refractivity contribution in [3.05, 3.63) is 59.5 Å². The number of nitrogens with two attached hydrogens (primary N) is 1. The zero-order valence-electron chi connectivity index (χ0n) is 11.0. The molecule has 0 fully saturated rings. The first kappa shape index (κ1) is 11.9. The van der Waals surface area contributed by atoms with Gasteiger partial charge in [-0.15, -0.1) is 0 Å². The van der Waals surface area contributed by atoms with Gasteiger partial charge >= 0.3 is 0 Å². The second-order valence-corrected chi connectivity index (χ2v) is 4.83. The Hall–Kier alpha value is -2.20. The molecule has 96 valence electrons. The van der Waals surface area contributed by atoms with Crippen LogP contribution in [0.15, 0.2) is 42.7 Å². The molecule has 3 rings (SSSR count). The van der Waals surface area contributed by atoms with E-state index in [-0.39, 0.29) is 6.04 Å². The molecular weight excluding hydrogens is 236 g/mol. The van der Waals surface area contributed by atoms with Crippen molar-refractivity contribution in [2.45, 2.75) is 13.0 Å². The molecule has 0 radical (unpaired) electrons. The fourth-order valence-corrected chi connectivity index (χ4v) is 2.23. The summed E-state index contributed by atoms with van der Waals surface area (Å²) < 4.78 is 1.77. The monoisotopic (exact) mass is 252 g/mol. The molecule has 19 heavy (non-hydrogen) atoms. The molecule has 1 atom stereocenters.